The Bertz CT molecular complexity index is 789. The number of aromatic nitrogens is 4. The van der Waals surface area contributed by atoms with E-state index in [4.69, 9.17) is 0 Å². The molecule has 1 unspecified atom stereocenters. The molecule has 1 amide bonds. The first kappa shape index (κ1) is 14.2. The van der Waals surface area contributed by atoms with Gasteiger partial charge in [0.1, 0.15) is 5.82 Å². The Labute approximate surface area is 133 Å². The van der Waals surface area contributed by atoms with Crippen molar-refractivity contribution in [3.05, 3.63) is 46.4 Å². The molecular weight excluding hydrogens is 294 g/mol. The average Bonchev–Trinajstić information content (AvgIpc) is 2.81. The van der Waals surface area contributed by atoms with Crippen LogP contribution < -0.4 is 5.69 Å². The molecule has 2 aromatic rings. The highest BCUT2D eigenvalue weighted by molar-refractivity contribution is 5.80. The van der Waals surface area contributed by atoms with Gasteiger partial charge in [-0.15, -0.1) is 0 Å². The second kappa shape index (κ2) is 5.33. The molecule has 7 nitrogen and oxygen atoms in total. The Morgan fingerprint density at radius 1 is 1.22 bits per heavy atom. The summed E-state index contributed by atoms with van der Waals surface area (Å²) in [5.41, 5.74) is 1.11. The molecule has 0 saturated carbocycles. The molecule has 1 saturated heterocycles. The van der Waals surface area contributed by atoms with Crippen LogP contribution in [0, 0.1) is 5.92 Å². The summed E-state index contributed by atoms with van der Waals surface area (Å²) in [6, 6.07) is 4.02. The van der Waals surface area contributed by atoms with E-state index in [0.717, 1.165) is 25.3 Å². The molecule has 0 aliphatic carbocycles. The molecule has 2 aliphatic rings. The van der Waals surface area contributed by atoms with Gasteiger partial charge in [0.05, 0.1) is 5.92 Å². The van der Waals surface area contributed by atoms with Crippen LogP contribution in [0.2, 0.25) is 0 Å². The van der Waals surface area contributed by atoms with Gasteiger partial charge >= 0.3 is 5.69 Å². The Hall–Kier alpha value is -2.44. The topological polar surface area (TPSA) is 73.0 Å². The Morgan fingerprint density at radius 3 is 2.70 bits per heavy atom. The predicted molar refractivity (Wildman–Crippen MR) is 82.8 cm³/mol. The molecule has 4 heterocycles. The van der Waals surface area contributed by atoms with E-state index in [1.165, 1.54) is 10.2 Å². The number of nitrogens with zero attached hydrogens (tertiary/aromatic N) is 5. The highest BCUT2D eigenvalue weighted by atomic mass is 16.2. The molecule has 4 rings (SSSR count). The third-order valence-electron chi connectivity index (χ3n) is 4.92. The zero-order chi connectivity index (χ0) is 16.0. The summed E-state index contributed by atoms with van der Waals surface area (Å²) in [5.74, 6) is 1.25. The lowest BCUT2D eigenvalue weighted by Crippen LogP contribution is -2.52. The molecule has 23 heavy (non-hydrogen) atoms. The number of rotatable bonds is 2. The van der Waals surface area contributed by atoms with E-state index in [9.17, 15) is 9.59 Å². The first-order valence-corrected chi connectivity index (χ1v) is 7.95. The molecule has 0 aromatic carbocycles. The van der Waals surface area contributed by atoms with E-state index in [1.807, 2.05) is 17.0 Å². The molecule has 0 bridgehead atoms. The Balaban J connectivity index is 1.42. The lowest BCUT2D eigenvalue weighted by atomic mass is 9.89. The standard InChI is InChI=1S/C16H19N5O2/c1-19-16(23)21-10-12(2-3-14(21)18-19)15(22)20-8-13(9-20)11-4-6-17-7-5-11/h4-7,12-13H,2-3,8-10H2,1H3. The zero-order valence-electron chi connectivity index (χ0n) is 13.1. The molecule has 7 heteroatoms. The van der Waals surface area contributed by atoms with Crippen molar-refractivity contribution in [2.75, 3.05) is 13.1 Å². The van der Waals surface area contributed by atoms with Crippen molar-refractivity contribution in [2.45, 2.75) is 25.3 Å². The maximum atomic E-state index is 12.7. The number of likely N-dealkylation sites (tertiary alicyclic amines) is 1. The second-order valence-electron chi connectivity index (χ2n) is 6.39. The molecule has 1 atom stereocenters. The maximum absolute atomic E-state index is 12.7. The van der Waals surface area contributed by atoms with Gasteiger partial charge < -0.3 is 4.90 Å². The minimum absolute atomic E-state index is 0.109. The lowest BCUT2D eigenvalue weighted by molar-refractivity contribution is -0.141. The monoisotopic (exact) mass is 313 g/mol. The molecule has 2 aromatic heterocycles. The lowest BCUT2D eigenvalue weighted by Gasteiger charge is -2.41. The van der Waals surface area contributed by atoms with Crippen molar-refractivity contribution in [1.29, 1.82) is 0 Å². The molecule has 0 spiro atoms. The van der Waals surface area contributed by atoms with Crippen molar-refractivity contribution in [2.24, 2.45) is 13.0 Å². The Morgan fingerprint density at radius 2 is 1.96 bits per heavy atom. The summed E-state index contributed by atoms with van der Waals surface area (Å²) in [5, 5.41) is 4.21. The SMILES string of the molecule is Cn1nc2n(c1=O)CC(C(=O)N1CC(c3ccncc3)C1)CC2. The van der Waals surface area contributed by atoms with Gasteiger partial charge in [0.15, 0.2) is 0 Å². The first-order valence-electron chi connectivity index (χ1n) is 7.95. The van der Waals surface area contributed by atoms with Gasteiger partial charge in [0, 0.05) is 51.4 Å². The van der Waals surface area contributed by atoms with Gasteiger partial charge in [0.25, 0.3) is 0 Å². The van der Waals surface area contributed by atoms with E-state index in [2.05, 4.69) is 10.1 Å². The summed E-state index contributed by atoms with van der Waals surface area (Å²) < 4.78 is 3.00. The van der Waals surface area contributed by atoms with Crippen molar-refractivity contribution in [1.82, 2.24) is 24.2 Å². The summed E-state index contributed by atoms with van der Waals surface area (Å²) in [4.78, 5) is 30.6. The fourth-order valence-corrected chi connectivity index (χ4v) is 3.50. The largest absolute Gasteiger partial charge is 0.345 e. The van der Waals surface area contributed by atoms with Crippen molar-refractivity contribution < 1.29 is 4.79 Å². The fourth-order valence-electron chi connectivity index (χ4n) is 3.50. The summed E-state index contributed by atoms with van der Waals surface area (Å²) in [6.07, 6.45) is 5.04. The van der Waals surface area contributed by atoms with Crippen LogP contribution in [0.5, 0.6) is 0 Å². The summed E-state index contributed by atoms with van der Waals surface area (Å²) in [6.45, 7) is 1.97. The number of fused-ring (bicyclic) bond motifs is 1. The van der Waals surface area contributed by atoms with Crippen LogP contribution in [-0.4, -0.2) is 43.2 Å². The van der Waals surface area contributed by atoms with Crippen LogP contribution >= 0.6 is 0 Å². The Kier molecular flexibility index (Phi) is 3.28. The van der Waals surface area contributed by atoms with Crippen LogP contribution in [0.15, 0.2) is 29.3 Å². The van der Waals surface area contributed by atoms with E-state index < -0.39 is 0 Å². The summed E-state index contributed by atoms with van der Waals surface area (Å²) in [7, 11) is 1.65. The van der Waals surface area contributed by atoms with E-state index in [-0.39, 0.29) is 17.5 Å². The maximum Gasteiger partial charge on any atom is 0.345 e. The van der Waals surface area contributed by atoms with E-state index in [0.29, 0.717) is 18.9 Å². The van der Waals surface area contributed by atoms with Crippen LogP contribution in [0.1, 0.15) is 23.7 Å². The quantitative estimate of drug-likeness (QED) is 0.792. The van der Waals surface area contributed by atoms with Crippen LogP contribution in [0.25, 0.3) is 0 Å². The number of hydrogen-bond donors (Lipinski definition) is 0. The number of amides is 1. The minimum Gasteiger partial charge on any atom is -0.341 e. The van der Waals surface area contributed by atoms with Gasteiger partial charge in [-0.05, 0) is 24.1 Å². The van der Waals surface area contributed by atoms with Crippen molar-refractivity contribution >= 4 is 5.91 Å². The van der Waals surface area contributed by atoms with Gasteiger partial charge in [-0.25, -0.2) is 9.48 Å². The van der Waals surface area contributed by atoms with Crippen LogP contribution in [0.4, 0.5) is 0 Å². The third kappa shape index (κ3) is 2.36. The fraction of sp³-hybridized carbons (Fsp3) is 0.500. The number of aryl methyl sites for hydroxylation is 2. The summed E-state index contributed by atoms with van der Waals surface area (Å²) >= 11 is 0. The molecular formula is C16H19N5O2. The number of pyridine rings is 1. The average molecular weight is 313 g/mol. The zero-order valence-corrected chi connectivity index (χ0v) is 13.1. The highest BCUT2D eigenvalue weighted by Crippen LogP contribution is 2.29. The van der Waals surface area contributed by atoms with Crippen molar-refractivity contribution in [3.63, 3.8) is 0 Å². The van der Waals surface area contributed by atoms with Gasteiger partial charge in [-0.1, -0.05) is 0 Å². The molecule has 0 radical (unpaired) electrons. The predicted octanol–water partition coefficient (Wildman–Crippen LogP) is 0.165. The molecule has 120 valence electrons. The van der Waals surface area contributed by atoms with Crippen LogP contribution in [-0.2, 0) is 24.8 Å². The molecule has 0 N–H and O–H groups in total. The minimum atomic E-state index is -0.129. The van der Waals surface area contributed by atoms with E-state index >= 15 is 0 Å². The van der Waals surface area contributed by atoms with Crippen molar-refractivity contribution in [3.8, 4) is 0 Å². The normalized spacial score (nSPS) is 20.9. The first-order chi connectivity index (χ1) is 11.1. The van der Waals surface area contributed by atoms with Gasteiger partial charge in [-0.3, -0.25) is 14.3 Å². The highest BCUT2D eigenvalue weighted by Gasteiger charge is 2.37. The number of carbonyl (C=O) groups excluding carboxylic acids is 1. The number of hydrogen-bond acceptors (Lipinski definition) is 4. The second-order valence-corrected chi connectivity index (χ2v) is 6.39. The van der Waals surface area contributed by atoms with E-state index in [1.54, 1.807) is 24.0 Å². The van der Waals surface area contributed by atoms with Gasteiger partial charge in [0.2, 0.25) is 5.91 Å². The third-order valence-corrected chi connectivity index (χ3v) is 4.92. The molecule has 1 fully saturated rings. The molecule has 2 aliphatic heterocycles. The number of carbonyl (C=O) groups is 1. The van der Waals surface area contributed by atoms with Gasteiger partial charge in [-0.2, -0.15) is 5.10 Å². The smallest absolute Gasteiger partial charge is 0.341 e. The van der Waals surface area contributed by atoms with Crippen LogP contribution in [0.3, 0.4) is 0 Å².